The molecule has 4 nitrogen and oxygen atoms in total. The Bertz CT molecular complexity index is 449. The Morgan fingerprint density at radius 1 is 1.33 bits per heavy atom. The summed E-state index contributed by atoms with van der Waals surface area (Å²) in [5, 5.41) is 3.54. The number of hydrogen-bond acceptors (Lipinski definition) is 3. The van der Waals surface area contributed by atoms with E-state index < -0.39 is 11.9 Å². The smallest absolute Gasteiger partial charge is 0.396 e. The molecule has 0 saturated carbocycles. The zero-order chi connectivity index (χ0) is 13.5. The molecular weight excluding hydrogens is 277 g/mol. The molecule has 0 aliphatic carbocycles. The van der Waals surface area contributed by atoms with Gasteiger partial charge in [0, 0.05) is 16.6 Å². The summed E-state index contributed by atoms with van der Waals surface area (Å²) in [6, 6.07) is 5.13. The highest BCUT2D eigenvalue weighted by Gasteiger charge is 2.13. The molecule has 0 aliphatic rings. The van der Waals surface area contributed by atoms with Gasteiger partial charge in [0.15, 0.2) is 0 Å². The van der Waals surface area contributed by atoms with E-state index in [9.17, 15) is 9.59 Å². The molecule has 1 N–H and O–H groups in total. The lowest BCUT2D eigenvalue weighted by Gasteiger charge is -2.06. The van der Waals surface area contributed by atoms with Crippen LogP contribution in [0.4, 0.5) is 0 Å². The van der Waals surface area contributed by atoms with Crippen molar-refractivity contribution in [2.45, 2.75) is 13.3 Å². The van der Waals surface area contributed by atoms with Gasteiger partial charge in [0.25, 0.3) is 0 Å². The van der Waals surface area contributed by atoms with Gasteiger partial charge in [0.2, 0.25) is 0 Å². The number of nitrogens with one attached hydrogen (secondary N) is 1. The summed E-state index contributed by atoms with van der Waals surface area (Å²) in [5.41, 5.74) is 0.852. The van der Waals surface area contributed by atoms with Gasteiger partial charge in [-0.15, -0.1) is 0 Å². The first kappa shape index (κ1) is 14.8. The summed E-state index contributed by atoms with van der Waals surface area (Å²) >= 11 is 11.7. The summed E-state index contributed by atoms with van der Waals surface area (Å²) in [6.45, 7) is 2.12. The predicted molar refractivity (Wildman–Crippen MR) is 69.8 cm³/mol. The van der Waals surface area contributed by atoms with Crippen LogP contribution < -0.4 is 5.32 Å². The normalized spacial score (nSPS) is 9.94. The van der Waals surface area contributed by atoms with Gasteiger partial charge in [-0.2, -0.15) is 0 Å². The Labute approximate surface area is 115 Å². The molecule has 1 aromatic carbocycles. The first-order valence-corrected chi connectivity index (χ1v) is 6.19. The van der Waals surface area contributed by atoms with Crippen molar-refractivity contribution in [2.75, 3.05) is 13.2 Å². The van der Waals surface area contributed by atoms with E-state index in [-0.39, 0.29) is 6.61 Å². The van der Waals surface area contributed by atoms with Crippen LogP contribution in [0.2, 0.25) is 10.0 Å². The Kier molecular flexibility index (Phi) is 5.95. The molecule has 1 amide bonds. The molecular formula is C12H13Cl2NO3. The molecule has 0 heterocycles. The molecule has 0 atom stereocenters. The summed E-state index contributed by atoms with van der Waals surface area (Å²) in [7, 11) is 0. The average Bonchev–Trinajstić information content (AvgIpc) is 2.32. The highest BCUT2D eigenvalue weighted by molar-refractivity contribution is 6.35. The standard InChI is InChI=1S/C12H13Cl2NO3/c1-2-18-12(17)11(16)15-6-5-8-3-4-9(13)7-10(8)14/h3-4,7H,2,5-6H2,1H3,(H,15,16). The van der Waals surface area contributed by atoms with Gasteiger partial charge >= 0.3 is 11.9 Å². The number of benzene rings is 1. The maximum absolute atomic E-state index is 11.2. The minimum Gasteiger partial charge on any atom is -0.459 e. The van der Waals surface area contributed by atoms with Crippen molar-refractivity contribution in [1.29, 1.82) is 0 Å². The fourth-order valence-electron chi connectivity index (χ4n) is 1.30. The molecule has 6 heteroatoms. The SMILES string of the molecule is CCOC(=O)C(=O)NCCc1ccc(Cl)cc1Cl. The van der Waals surface area contributed by atoms with Gasteiger partial charge in [-0.1, -0.05) is 29.3 Å². The molecule has 0 radical (unpaired) electrons. The van der Waals surface area contributed by atoms with Crippen molar-refractivity contribution < 1.29 is 14.3 Å². The van der Waals surface area contributed by atoms with Gasteiger partial charge in [0.1, 0.15) is 0 Å². The highest BCUT2D eigenvalue weighted by atomic mass is 35.5. The third-order valence-corrected chi connectivity index (χ3v) is 2.74. The second-order valence-electron chi connectivity index (χ2n) is 3.46. The van der Waals surface area contributed by atoms with Crippen LogP contribution in [0.25, 0.3) is 0 Å². The fourth-order valence-corrected chi connectivity index (χ4v) is 1.81. The van der Waals surface area contributed by atoms with Gasteiger partial charge in [0.05, 0.1) is 6.61 Å². The first-order chi connectivity index (χ1) is 8.54. The number of esters is 1. The Morgan fingerprint density at radius 3 is 2.67 bits per heavy atom. The molecule has 0 bridgehead atoms. The maximum Gasteiger partial charge on any atom is 0.396 e. The number of carbonyl (C=O) groups is 2. The summed E-state index contributed by atoms with van der Waals surface area (Å²) < 4.78 is 4.55. The first-order valence-electron chi connectivity index (χ1n) is 5.43. The lowest BCUT2D eigenvalue weighted by molar-refractivity contribution is -0.154. The van der Waals surface area contributed by atoms with Crippen LogP contribution in [-0.4, -0.2) is 25.0 Å². The third-order valence-electron chi connectivity index (χ3n) is 2.16. The van der Waals surface area contributed by atoms with Gasteiger partial charge in [-0.25, -0.2) is 4.79 Å². The van der Waals surface area contributed by atoms with Crippen molar-refractivity contribution in [3.8, 4) is 0 Å². The van der Waals surface area contributed by atoms with Crippen LogP contribution >= 0.6 is 23.2 Å². The Hall–Kier alpha value is -1.26. The summed E-state index contributed by atoms with van der Waals surface area (Å²) in [5.74, 6) is -1.62. The number of carbonyl (C=O) groups excluding carboxylic acids is 2. The number of halogens is 2. The zero-order valence-corrected chi connectivity index (χ0v) is 11.3. The Balaban J connectivity index is 2.42. The lowest BCUT2D eigenvalue weighted by atomic mass is 10.1. The predicted octanol–water partition coefficient (Wildman–Crippen LogP) is 2.22. The topological polar surface area (TPSA) is 55.4 Å². The molecule has 98 valence electrons. The molecule has 1 aromatic rings. The van der Waals surface area contributed by atoms with E-state index in [1.165, 1.54) is 0 Å². The monoisotopic (exact) mass is 289 g/mol. The minimum atomic E-state index is -0.875. The molecule has 0 spiro atoms. The largest absolute Gasteiger partial charge is 0.459 e. The van der Waals surface area contributed by atoms with Crippen molar-refractivity contribution in [3.63, 3.8) is 0 Å². The molecule has 18 heavy (non-hydrogen) atoms. The molecule has 0 unspecified atom stereocenters. The summed E-state index contributed by atoms with van der Waals surface area (Å²) in [6.07, 6.45) is 0.515. The number of amides is 1. The van der Waals surface area contributed by atoms with Gasteiger partial charge in [-0.05, 0) is 31.0 Å². The Morgan fingerprint density at radius 2 is 2.06 bits per heavy atom. The van der Waals surface area contributed by atoms with Crippen LogP contribution in [0.15, 0.2) is 18.2 Å². The van der Waals surface area contributed by atoms with Crippen molar-refractivity contribution >= 4 is 35.1 Å². The van der Waals surface area contributed by atoms with Crippen molar-refractivity contribution in [3.05, 3.63) is 33.8 Å². The third kappa shape index (κ3) is 4.55. The maximum atomic E-state index is 11.2. The zero-order valence-electron chi connectivity index (χ0n) is 9.83. The van der Waals surface area contributed by atoms with E-state index >= 15 is 0 Å². The van der Waals surface area contributed by atoms with Crippen molar-refractivity contribution in [2.24, 2.45) is 0 Å². The van der Waals surface area contributed by atoms with Gasteiger partial charge < -0.3 is 10.1 Å². The molecule has 0 saturated heterocycles. The minimum absolute atomic E-state index is 0.176. The van der Waals surface area contributed by atoms with Gasteiger partial charge in [-0.3, -0.25) is 4.79 Å². The molecule has 0 fully saturated rings. The van der Waals surface area contributed by atoms with E-state index in [4.69, 9.17) is 23.2 Å². The molecule has 1 rings (SSSR count). The quantitative estimate of drug-likeness (QED) is 0.683. The van der Waals surface area contributed by atoms with E-state index in [2.05, 4.69) is 10.1 Å². The fraction of sp³-hybridized carbons (Fsp3) is 0.333. The van der Waals surface area contributed by atoms with E-state index in [0.29, 0.717) is 23.0 Å². The second-order valence-corrected chi connectivity index (χ2v) is 4.31. The van der Waals surface area contributed by atoms with Crippen LogP contribution in [0.5, 0.6) is 0 Å². The summed E-state index contributed by atoms with van der Waals surface area (Å²) in [4.78, 5) is 22.2. The lowest BCUT2D eigenvalue weighted by Crippen LogP contribution is -2.33. The number of hydrogen-bond donors (Lipinski definition) is 1. The van der Waals surface area contributed by atoms with Crippen LogP contribution in [0.3, 0.4) is 0 Å². The number of rotatable bonds is 4. The highest BCUT2D eigenvalue weighted by Crippen LogP contribution is 2.20. The van der Waals surface area contributed by atoms with Crippen LogP contribution in [0, 0.1) is 0 Å². The van der Waals surface area contributed by atoms with E-state index in [1.807, 2.05) is 0 Å². The van der Waals surface area contributed by atoms with E-state index in [1.54, 1.807) is 25.1 Å². The second kappa shape index (κ2) is 7.24. The van der Waals surface area contributed by atoms with Crippen LogP contribution in [-0.2, 0) is 20.7 Å². The number of ether oxygens (including phenoxy) is 1. The molecule has 0 aliphatic heterocycles. The van der Waals surface area contributed by atoms with Crippen molar-refractivity contribution in [1.82, 2.24) is 5.32 Å². The average molecular weight is 290 g/mol. The van der Waals surface area contributed by atoms with E-state index in [0.717, 1.165) is 5.56 Å². The molecule has 0 aromatic heterocycles. The van der Waals surface area contributed by atoms with Crippen LogP contribution in [0.1, 0.15) is 12.5 Å².